The lowest BCUT2D eigenvalue weighted by Crippen LogP contribution is -2.61. The maximum absolute atomic E-state index is 5.91. The van der Waals surface area contributed by atoms with Gasteiger partial charge >= 0.3 is 0 Å². The lowest BCUT2D eigenvalue weighted by Gasteiger charge is -2.44. The summed E-state index contributed by atoms with van der Waals surface area (Å²) < 4.78 is 17.6. The molecule has 0 N–H and O–H groups in total. The molecule has 0 atom stereocenters. The highest BCUT2D eigenvalue weighted by atomic mass is 16.5. The van der Waals surface area contributed by atoms with Crippen LogP contribution in [0.4, 0.5) is 102 Å². The van der Waals surface area contributed by atoms with Gasteiger partial charge in [-0.3, -0.25) is 0 Å². The number of rotatable bonds is 12. The average Bonchev–Trinajstić information content (AvgIpc) is 0.706. The number of benzene rings is 15. The van der Waals surface area contributed by atoms with E-state index in [-0.39, 0.29) is 20.1 Å². The third-order valence-corrected chi connectivity index (χ3v) is 25.4. The molecule has 16 aromatic rings. The van der Waals surface area contributed by atoms with Crippen LogP contribution in [0.25, 0.3) is 34.2 Å². The summed E-state index contributed by atoms with van der Waals surface area (Å²) in [6.45, 7) is 19.2. The van der Waals surface area contributed by atoms with Crippen LogP contribution in [0.5, 0.6) is 17.2 Å². The lowest BCUT2D eigenvalue weighted by molar-refractivity contribution is 0.414. The summed E-state index contributed by atoms with van der Waals surface area (Å²) in [5.74, 6) is 4.00. The van der Waals surface area contributed by atoms with Crippen molar-refractivity contribution in [2.75, 3.05) is 50.7 Å². The molecule has 7 heterocycles. The number of fused-ring (bicyclic) bond motifs is 12. The van der Waals surface area contributed by atoms with Crippen LogP contribution in [0.15, 0.2) is 291 Å². The van der Waals surface area contributed by atoms with Gasteiger partial charge in [-0.2, -0.15) is 0 Å². The summed E-state index contributed by atoms with van der Waals surface area (Å²) in [5, 5.41) is 0. The van der Waals surface area contributed by atoms with E-state index in [1.54, 1.807) is 21.3 Å². The van der Waals surface area contributed by atoms with Crippen LogP contribution in [0.2, 0.25) is 0 Å². The first-order valence-corrected chi connectivity index (χ1v) is 41.4. The number of hydrogen-bond acceptors (Lipinski definition) is 12. The zero-order chi connectivity index (χ0) is 81.4. The molecule has 0 amide bonds. The Bertz CT molecular complexity index is 6290. The average molecular weight is 1550 g/mol. The van der Waals surface area contributed by atoms with Crippen molar-refractivity contribution < 1.29 is 14.2 Å². The van der Waals surface area contributed by atoms with Crippen LogP contribution in [-0.4, -0.2) is 56.4 Å². The van der Waals surface area contributed by atoms with E-state index in [0.29, 0.717) is 17.5 Å². The van der Waals surface area contributed by atoms with Gasteiger partial charge in [-0.25, -0.2) is 15.0 Å². The van der Waals surface area contributed by atoms with Gasteiger partial charge in [0.25, 0.3) is 20.1 Å². The third-order valence-electron chi connectivity index (χ3n) is 25.4. The first-order valence-electron chi connectivity index (χ1n) is 41.4. The standard InChI is InChI=1S/C105H84B3N9O3/c1-61-13-25-73(26-14-61)112-88-43-19-64(4)49-82(88)106-85-58-70(22-46-91(85)115(76-31-37-79(118-10)38-32-76)97-55-67(7)52-94(112)100(97)106)103-109-104(71-23-47-92-86(59-71)107-83-50-65(5)20-44-89(83)113(74-27-15-62(2)16-28-74)95-53-68(8)56-98(101(95)107)116(92)77-33-39-80(119-11)40-34-77)111-105(110-103)72-24-48-93-87(60-72)108-84-51-66(6)21-45-90(84)114(75-29-17-63(3)18-30-75)96-54-69(9)57-99(102(96)108)117(93)78-35-41-81(120-12)42-36-78/h13-60H,1-12H3. The van der Waals surface area contributed by atoms with E-state index < -0.39 is 0 Å². The molecule has 0 spiro atoms. The molecule has 0 unspecified atom stereocenters. The predicted molar refractivity (Wildman–Crippen MR) is 500 cm³/mol. The van der Waals surface area contributed by atoms with E-state index >= 15 is 0 Å². The summed E-state index contributed by atoms with van der Waals surface area (Å²) in [6, 6.07) is 108. The van der Waals surface area contributed by atoms with Gasteiger partial charge in [-0.15, -0.1) is 0 Å². The van der Waals surface area contributed by atoms with Crippen LogP contribution in [0.1, 0.15) is 50.1 Å². The zero-order valence-corrected chi connectivity index (χ0v) is 69.2. The van der Waals surface area contributed by atoms with Crippen LogP contribution < -0.4 is 92.8 Å². The van der Waals surface area contributed by atoms with Gasteiger partial charge in [0.1, 0.15) is 17.2 Å². The number of ether oxygens (including phenoxy) is 3. The van der Waals surface area contributed by atoms with Crippen molar-refractivity contribution >= 4 is 172 Å². The van der Waals surface area contributed by atoms with Crippen LogP contribution >= 0.6 is 0 Å². The lowest BCUT2D eigenvalue weighted by atomic mass is 9.33. The van der Waals surface area contributed by atoms with E-state index in [9.17, 15) is 0 Å². The number of aromatic nitrogens is 3. The molecule has 15 aromatic carbocycles. The topological polar surface area (TPSA) is 85.8 Å². The molecule has 576 valence electrons. The maximum atomic E-state index is 5.91. The minimum absolute atomic E-state index is 0.206. The Morgan fingerprint density at radius 2 is 0.383 bits per heavy atom. The molecule has 0 saturated heterocycles. The quantitative estimate of drug-likeness (QED) is 0.109. The molecule has 0 radical (unpaired) electrons. The molecule has 0 fully saturated rings. The predicted octanol–water partition coefficient (Wildman–Crippen LogP) is 19.9. The zero-order valence-electron chi connectivity index (χ0n) is 69.2. The normalized spacial score (nSPS) is 13.3. The van der Waals surface area contributed by atoms with E-state index in [1.165, 1.54) is 66.2 Å². The smallest absolute Gasteiger partial charge is 0.252 e. The highest BCUT2D eigenvalue weighted by Crippen LogP contribution is 2.51. The number of anilines is 18. The van der Waals surface area contributed by atoms with Crippen LogP contribution in [0.3, 0.4) is 0 Å². The van der Waals surface area contributed by atoms with Gasteiger partial charge in [0, 0.05) is 119 Å². The molecule has 0 saturated carbocycles. The minimum Gasteiger partial charge on any atom is -0.497 e. The Kier molecular flexibility index (Phi) is 16.6. The van der Waals surface area contributed by atoms with Crippen molar-refractivity contribution in [3.63, 3.8) is 0 Å². The molecule has 1 aromatic heterocycles. The minimum atomic E-state index is -0.206. The van der Waals surface area contributed by atoms with Crippen molar-refractivity contribution in [1.29, 1.82) is 0 Å². The van der Waals surface area contributed by atoms with Gasteiger partial charge < -0.3 is 43.6 Å². The second-order valence-electron chi connectivity index (χ2n) is 33.4. The molecule has 0 bridgehead atoms. The molecule has 120 heavy (non-hydrogen) atoms. The molecule has 0 aliphatic carbocycles. The fraction of sp³-hybridized carbons (Fsp3) is 0.114. The van der Waals surface area contributed by atoms with Crippen LogP contribution in [-0.2, 0) is 0 Å². The van der Waals surface area contributed by atoms with Crippen molar-refractivity contribution in [1.82, 2.24) is 15.0 Å². The van der Waals surface area contributed by atoms with Gasteiger partial charge in [-0.05, 0) is 328 Å². The second kappa shape index (κ2) is 27.7. The Morgan fingerprint density at radius 3 is 0.600 bits per heavy atom. The third kappa shape index (κ3) is 11.4. The molecule has 6 aliphatic heterocycles. The van der Waals surface area contributed by atoms with E-state index in [1.807, 2.05) is 0 Å². The number of methoxy groups -OCH3 is 3. The maximum Gasteiger partial charge on any atom is 0.252 e. The molecular weight excluding hydrogens is 1470 g/mol. The van der Waals surface area contributed by atoms with Crippen LogP contribution in [0, 0.1) is 62.3 Å². The SMILES string of the molecule is COc1ccc(N2c3ccc(-c4nc(-c5ccc6c(c5)B5c7cc(C)ccc7N(c7ccc(C)cc7)c7cc(C)cc(c75)N6c5ccc(OC)cc5)nc(-c5ccc6c(c5)B5c7cc(C)ccc7N(c7ccc(C)cc7)c7cc(C)cc(c75)N6c5ccc(OC)cc5)n4)cc3B3c4cc(C)ccc4N(c4ccc(C)cc4)c4cc(C)cc2c43)cc1. The number of hydrogen-bond donors (Lipinski definition) is 0. The Morgan fingerprint density at radius 1 is 0.192 bits per heavy atom. The highest BCUT2D eigenvalue weighted by Gasteiger charge is 2.48. The van der Waals surface area contributed by atoms with E-state index in [2.05, 4.69) is 383 Å². The number of nitrogens with zero attached hydrogens (tertiary/aromatic N) is 9. The van der Waals surface area contributed by atoms with Gasteiger partial charge in [-0.1, -0.05) is 124 Å². The second-order valence-corrected chi connectivity index (χ2v) is 33.4. The largest absolute Gasteiger partial charge is 0.497 e. The Hall–Kier alpha value is -14.3. The van der Waals surface area contributed by atoms with E-state index in [0.717, 1.165) is 169 Å². The molecule has 6 aliphatic rings. The molecule has 22 rings (SSSR count). The van der Waals surface area contributed by atoms with Gasteiger partial charge in [0.2, 0.25) is 0 Å². The molecular formula is C105H84B3N9O3. The summed E-state index contributed by atoms with van der Waals surface area (Å²) in [6.07, 6.45) is 0. The van der Waals surface area contributed by atoms with E-state index in [4.69, 9.17) is 29.2 Å². The van der Waals surface area contributed by atoms with Crippen molar-refractivity contribution in [2.24, 2.45) is 0 Å². The van der Waals surface area contributed by atoms with Crippen molar-refractivity contribution in [2.45, 2.75) is 62.3 Å². The Labute approximate surface area is 702 Å². The van der Waals surface area contributed by atoms with Gasteiger partial charge in [0.15, 0.2) is 17.5 Å². The Balaban J connectivity index is 0.800. The summed E-state index contributed by atoms with van der Waals surface area (Å²) in [4.78, 5) is 32.5. The molecule has 15 heteroatoms. The van der Waals surface area contributed by atoms with Crippen molar-refractivity contribution in [3.8, 4) is 51.4 Å². The summed E-state index contributed by atoms with van der Waals surface area (Å²) in [5.41, 5.74) is 43.6. The fourth-order valence-corrected chi connectivity index (χ4v) is 19.9. The van der Waals surface area contributed by atoms with Crippen molar-refractivity contribution in [3.05, 3.63) is 341 Å². The highest BCUT2D eigenvalue weighted by molar-refractivity contribution is 7.02. The summed E-state index contributed by atoms with van der Waals surface area (Å²) >= 11 is 0. The monoisotopic (exact) mass is 1550 g/mol. The molecule has 12 nitrogen and oxygen atoms in total. The number of aryl methyl sites for hydroxylation is 9. The van der Waals surface area contributed by atoms with Gasteiger partial charge in [0.05, 0.1) is 21.3 Å². The first-order chi connectivity index (χ1) is 58.5. The first kappa shape index (κ1) is 72.2. The summed E-state index contributed by atoms with van der Waals surface area (Å²) in [7, 11) is 5.19. The fourth-order valence-electron chi connectivity index (χ4n) is 19.9.